The second-order valence-electron chi connectivity index (χ2n) is 6.82. The molecule has 1 N–H and O–H groups in total. The van der Waals surface area contributed by atoms with Gasteiger partial charge in [-0.15, -0.1) is 0 Å². The van der Waals surface area contributed by atoms with Crippen LogP contribution in [0.15, 0.2) is 47.4 Å². The van der Waals surface area contributed by atoms with Crippen molar-refractivity contribution in [2.45, 2.75) is 56.6 Å². The van der Waals surface area contributed by atoms with E-state index in [1.165, 1.54) is 18.2 Å². The fourth-order valence-electron chi connectivity index (χ4n) is 3.57. The van der Waals surface area contributed by atoms with Crippen LogP contribution in [0.2, 0.25) is 0 Å². The summed E-state index contributed by atoms with van der Waals surface area (Å²) in [7, 11) is -3.79. The van der Waals surface area contributed by atoms with Crippen LogP contribution >= 0.6 is 0 Å². The second-order valence-corrected chi connectivity index (χ2v) is 8.50. The Morgan fingerprint density at radius 2 is 1.88 bits per heavy atom. The zero-order chi connectivity index (χ0) is 18.9. The molecule has 0 bridgehead atoms. The van der Waals surface area contributed by atoms with Crippen molar-refractivity contribution in [2.24, 2.45) is 0 Å². The van der Waals surface area contributed by atoms with Crippen LogP contribution in [0, 0.1) is 12.7 Å². The summed E-state index contributed by atoms with van der Waals surface area (Å²) in [5.74, 6) is 0.264. The van der Waals surface area contributed by atoms with Gasteiger partial charge < -0.3 is 4.74 Å². The first-order chi connectivity index (χ1) is 12.3. The van der Waals surface area contributed by atoms with Gasteiger partial charge in [0.05, 0.1) is 10.9 Å². The Balaban J connectivity index is 2.00. The zero-order valence-corrected chi connectivity index (χ0v) is 16.1. The number of sulfonamides is 1. The summed E-state index contributed by atoms with van der Waals surface area (Å²) in [6.07, 6.45) is 2.12. The van der Waals surface area contributed by atoms with Crippen LogP contribution in [0.1, 0.15) is 50.3 Å². The zero-order valence-electron chi connectivity index (χ0n) is 15.3. The Bertz CT molecular complexity index is 907. The van der Waals surface area contributed by atoms with Crippen molar-refractivity contribution in [3.63, 3.8) is 0 Å². The minimum absolute atomic E-state index is 0.0986. The largest absolute Gasteiger partial charge is 0.487 e. The summed E-state index contributed by atoms with van der Waals surface area (Å²) in [6, 6.07) is 10.8. The molecule has 0 unspecified atom stereocenters. The van der Waals surface area contributed by atoms with Gasteiger partial charge in [0.1, 0.15) is 17.2 Å². The fraction of sp³-hybridized carbons (Fsp3) is 0.400. The average Bonchev–Trinajstić information content (AvgIpc) is 2.60. The Kier molecular flexibility index (Phi) is 5.08. The van der Waals surface area contributed by atoms with Gasteiger partial charge >= 0.3 is 0 Å². The lowest BCUT2D eigenvalue weighted by Crippen LogP contribution is -2.44. The number of para-hydroxylation sites is 1. The van der Waals surface area contributed by atoms with E-state index in [9.17, 15) is 12.8 Å². The van der Waals surface area contributed by atoms with E-state index in [0.717, 1.165) is 18.4 Å². The lowest BCUT2D eigenvalue weighted by Gasteiger charge is -2.41. The molecule has 6 heteroatoms. The molecule has 1 aliphatic rings. The van der Waals surface area contributed by atoms with Gasteiger partial charge in [0.15, 0.2) is 0 Å². The summed E-state index contributed by atoms with van der Waals surface area (Å²) in [4.78, 5) is 0.0986. The summed E-state index contributed by atoms with van der Waals surface area (Å²) in [5, 5.41) is 0. The standard InChI is InChI=1S/C20H24FNO3S/c1-4-20(5-2)13-17(16-8-6-7-9-18(16)25-20)22-26(23,24)19-11-10-15(21)12-14(19)3/h6-12,17,22H,4-5,13H2,1-3H3/t17-/m0/s1. The van der Waals surface area contributed by atoms with Crippen molar-refractivity contribution in [3.05, 3.63) is 59.4 Å². The number of hydrogen-bond acceptors (Lipinski definition) is 3. The van der Waals surface area contributed by atoms with E-state index < -0.39 is 27.5 Å². The lowest BCUT2D eigenvalue weighted by molar-refractivity contribution is 0.0260. The number of rotatable bonds is 5. The molecule has 1 aliphatic heterocycles. The van der Waals surface area contributed by atoms with Crippen molar-refractivity contribution in [1.82, 2.24) is 4.72 Å². The van der Waals surface area contributed by atoms with Gasteiger partial charge in [0.2, 0.25) is 10.0 Å². The van der Waals surface area contributed by atoms with Crippen molar-refractivity contribution < 1.29 is 17.5 Å². The van der Waals surface area contributed by atoms with Crippen LogP contribution in [0.25, 0.3) is 0 Å². The predicted octanol–water partition coefficient (Wildman–Crippen LogP) is 4.50. The summed E-state index contributed by atoms with van der Waals surface area (Å²) >= 11 is 0. The molecule has 0 radical (unpaired) electrons. The van der Waals surface area contributed by atoms with Crippen LogP contribution < -0.4 is 9.46 Å². The molecule has 1 heterocycles. The molecule has 0 aliphatic carbocycles. The van der Waals surface area contributed by atoms with Crippen LogP contribution in [0.4, 0.5) is 4.39 Å². The molecular weight excluding hydrogens is 353 g/mol. The third-order valence-corrected chi connectivity index (χ3v) is 6.84. The first kappa shape index (κ1) is 18.9. The Morgan fingerprint density at radius 1 is 1.19 bits per heavy atom. The van der Waals surface area contributed by atoms with Gasteiger partial charge in [-0.1, -0.05) is 32.0 Å². The molecule has 0 saturated heterocycles. The highest BCUT2D eigenvalue weighted by molar-refractivity contribution is 7.89. The van der Waals surface area contributed by atoms with Crippen LogP contribution in [-0.4, -0.2) is 14.0 Å². The lowest BCUT2D eigenvalue weighted by atomic mass is 9.84. The summed E-state index contributed by atoms with van der Waals surface area (Å²) in [6.45, 7) is 5.69. The van der Waals surface area contributed by atoms with Gasteiger partial charge in [-0.05, 0) is 49.6 Å². The first-order valence-electron chi connectivity index (χ1n) is 8.86. The predicted molar refractivity (Wildman–Crippen MR) is 99.2 cm³/mol. The van der Waals surface area contributed by atoms with Gasteiger partial charge in [-0.25, -0.2) is 17.5 Å². The molecule has 0 aromatic heterocycles. The van der Waals surface area contributed by atoms with E-state index in [4.69, 9.17) is 4.74 Å². The first-order valence-corrected chi connectivity index (χ1v) is 10.3. The molecule has 0 saturated carbocycles. The van der Waals surface area contributed by atoms with Gasteiger partial charge in [-0.2, -0.15) is 0 Å². The minimum Gasteiger partial charge on any atom is -0.487 e. The smallest absolute Gasteiger partial charge is 0.241 e. The Labute approximate surface area is 154 Å². The Hall–Kier alpha value is -1.92. The van der Waals surface area contributed by atoms with Crippen LogP contribution in [0.5, 0.6) is 5.75 Å². The third kappa shape index (κ3) is 3.48. The van der Waals surface area contributed by atoms with Crippen molar-refractivity contribution in [3.8, 4) is 5.75 Å². The second kappa shape index (κ2) is 7.00. The normalized spacial score (nSPS) is 18.8. The number of aryl methyl sites for hydroxylation is 1. The Morgan fingerprint density at radius 3 is 2.54 bits per heavy atom. The number of hydrogen-bond donors (Lipinski definition) is 1. The molecule has 0 fully saturated rings. The van der Waals surface area contributed by atoms with E-state index >= 15 is 0 Å². The van der Waals surface area contributed by atoms with Crippen LogP contribution in [0.3, 0.4) is 0 Å². The monoisotopic (exact) mass is 377 g/mol. The number of fused-ring (bicyclic) bond motifs is 1. The maximum atomic E-state index is 13.4. The molecule has 0 amide bonds. The number of halogens is 1. The number of benzene rings is 2. The maximum absolute atomic E-state index is 13.4. The highest BCUT2D eigenvalue weighted by atomic mass is 32.2. The molecule has 3 rings (SSSR count). The molecule has 1 atom stereocenters. The van der Waals surface area contributed by atoms with Crippen molar-refractivity contribution in [2.75, 3.05) is 0 Å². The molecule has 2 aromatic rings. The number of nitrogens with one attached hydrogen (secondary N) is 1. The molecule has 26 heavy (non-hydrogen) atoms. The third-order valence-electron chi connectivity index (χ3n) is 5.21. The van der Waals surface area contributed by atoms with Gasteiger partial charge in [0.25, 0.3) is 0 Å². The molecule has 0 spiro atoms. The highest BCUT2D eigenvalue weighted by Crippen LogP contribution is 2.43. The van der Waals surface area contributed by atoms with E-state index in [-0.39, 0.29) is 4.90 Å². The maximum Gasteiger partial charge on any atom is 0.241 e. The topological polar surface area (TPSA) is 55.4 Å². The fourth-order valence-corrected chi connectivity index (χ4v) is 5.01. The van der Waals surface area contributed by atoms with Crippen molar-refractivity contribution in [1.29, 1.82) is 0 Å². The number of ether oxygens (including phenoxy) is 1. The minimum atomic E-state index is -3.79. The molecule has 4 nitrogen and oxygen atoms in total. The quantitative estimate of drug-likeness (QED) is 0.835. The van der Waals surface area contributed by atoms with Gasteiger partial charge in [-0.3, -0.25) is 0 Å². The summed E-state index contributed by atoms with van der Waals surface area (Å²) in [5.41, 5.74) is 0.808. The molecular formula is C20H24FNO3S. The van der Waals surface area contributed by atoms with E-state index in [2.05, 4.69) is 4.72 Å². The van der Waals surface area contributed by atoms with Crippen LogP contribution in [-0.2, 0) is 10.0 Å². The SMILES string of the molecule is CCC1(CC)C[C@H](NS(=O)(=O)c2ccc(F)cc2C)c2ccccc2O1. The van der Waals surface area contributed by atoms with Crippen molar-refractivity contribution >= 4 is 10.0 Å². The summed E-state index contributed by atoms with van der Waals surface area (Å²) < 4.78 is 48.3. The highest BCUT2D eigenvalue weighted by Gasteiger charge is 2.40. The van der Waals surface area contributed by atoms with E-state index in [0.29, 0.717) is 17.7 Å². The average molecular weight is 377 g/mol. The van der Waals surface area contributed by atoms with E-state index in [1.54, 1.807) is 6.92 Å². The molecule has 2 aromatic carbocycles. The van der Waals surface area contributed by atoms with E-state index in [1.807, 2.05) is 38.1 Å². The molecule has 140 valence electrons. The van der Waals surface area contributed by atoms with Gasteiger partial charge in [0, 0.05) is 12.0 Å².